The highest BCUT2D eigenvalue weighted by molar-refractivity contribution is 6.03. The first-order valence-corrected chi connectivity index (χ1v) is 8.39. The average molecular weight is 352 g/mol. The summed E-state index contributed by atoms with van der Waals surface area (Å²) in [5.74, 6) is -0.0851. The van der Waals surface area contributed by atoms with Gasteiger partial charge in [-0.25, -0.2) is 4.68 Å². The summed E-state index contributed by atoms with van der Waals surface area (Å²) in [6.45, 7) is 4.44. The first-order chi connectivity index (χ1) is 12.6. The number of hydrogen-bond donors (Lipinski definition) is 2. The van der Waals surface area contributed by atoms with E-state index in [-0.39, 0.29) is 17.5 Å². The van der Waals surface area contributed by atoms with Gasteiger partial charge in [0.05, 0.1) is 17.6 Å². The van der Waals surface area contributed by atoms with E-state index in [0.29, 0.717) is 24.5 Å². The molecule has 2 aromatic heterocycles. The number of nitrogens with zero attached hydrogens (tertiary/aromatic N) is 4. The Balaban J connectivity index is 1.89. The third-order valence-electron chi connectivity index (χ3n) is 3.75. The van der Waals surface area contributed by atoms with Gasteiger partial charge >= 0.3 is 0 Å². The number of carbonyl (C=O) groups is 2. The lowest BCUT2D eigenvalue weighted by molar-refractivity contribution is -0.115. The van der Waals surface area contributed by atoms with Gasteiger partial charge in [0.1, 0.15) is 5.82 Å². The summed E-state index contributed by atoms with van der Waals surface area (Å²) in [5, 5.41) is 14.0. The summed E-state index contributed by atoms with van der Waals surface area (Å²) in [7, 11) is 0. The number of para-hydroxylation sites is 1. The lowest BCUT2D eigenvalue weighted by Gasteiger charge is -2.07. The second-order valence-electron chi connectivity index (χ2n) is 5.60. The normalized spacial score (nSPS) is 10.5. The molecule has 0 aliphatic heterocycles. The van der Waals surface area contributed by atoms with Crippen molar-refractivity contribution in [2.24, 2.45) is 0 Å². The van der Waals surface area contributed by atoms with Crippen LogP contribution < -0.4 is 10.6 Å². The van der Waals surface area contributed by atoms with Crippen molar-refractivity contribution in [3.8, 4) is 5.69 Å². The Morgan fingerprint density at radius 3 is 2.54 bits per heavy atom. The maximum absolute atomic E-state index is 12.5. The molecule has 0 aliphatic rings. The van der Waals surface area contributed by atoms with Crippen LogP contribution in [0.15, 0.2) is 48.8 Å². The van der Waals surface area contributed by atoms with Crippen LogP contribution in [0.5, 0.6) is 0 Å². The van der Waals surface area contributed by atoms with Gasteiger partial charge in [-0.05, 0) is 19.1 Å². The van der Waals surface area contributed by atoms with Crippen LogP contribution in [0.2, 0.25) is 0 Å². The number of anilines is 2. The van der Waals surface area contributed by atoms with E-state index >= 15 is 0 Å². The Morgan fingerprint density at radius 1 is 1.12 bits per heavy atom. The van der Waals surface area contributed by atoms with Crippen molar-refractivity contribution in [1.82, 2.24) is 19.6 Å². The fourth-order valence-corrected chi connectivity index (χ4v) is 2.37. The number of nitrogens with one attached hydrogen (secondary N) is 2. The number of hydrogen-bond acceptors (Lipinski definition) is 4. The molecule has 8 nitrogen and oxygen atoms in total. The van der Waals surface area contributed by atoms with E-state index in [4.69, 9.17) is 0 Å². The molecule has 0 bridgehead atoms. The molecule has 8 heteroatoms. The van der Waals surface area contributed by atoms with E-state index in [1.807, 2.05) is 37.3 Å². The molecule has 2 heterocycles. The minimum atomic E-state index is -0.373. The monoisotopic (exact) mass is 352 g/mol. The predicted octanol–water partition coefficient (Wildman–Crippen LogP) is 2.69. The van der Waals surface area contributed by atoms with Crippen LogP contribution in [-0.4, -0.2) is 31.4 Å². The van der Waals surface area contributed by atoms with Crippen molar-refractivity contribution in [3.63, 3.8) is 0 Å². The maximum Gasteiger partial charge on any atom is 0.276 e. The van der Waals surface area contributed by atoms with E-state index in [9.17, 15) is 9.59 Å². The molecule has 2 N–H and O–H groups in total. The summed E-state index contributed by atoms with van der Waals surface area (Å²) >= 11 is 0. The molecule has 3 aromatic rings. The first-order valence-electron chi connectivity index (χ1n) is 8.39. The van der Waals surface area contributed by atoms with Gasteiger partial charge in [0, 0.05) is 25.2 Å². The topological polar surface area (TPSA) is 93.8 Å². The first kappa shape index (κ1) is 17.4. The van der Waals surface area contributed by atoms with Crippen molar-refractivity contribution < 1.29 is 9.59 Å². The summed E-state index contributed by atoms with van der Waals surface area (Å²) in [6, 6.07) is 10.9. The Hall–Kier alpha value is -3.42. The molecule has 0 spiro atoms. The van der Waals surface area contributed by atoms with Gasteiger partial charge in [0.25, 0.3) is 5.91 Å². The second kappa shape index (κ2) is 7.64. The van der Waals surface area contributed by atoms with Crippen molar-refractivity contribution in [2.45, 2.75) is 26.8 Å². The van der Waals surface area contributed by atoms with Gasteiger partial charge in [-0.2, -0.15) is 10.2 Å². The highest BCUT2D eigenvalue weighted by atomic mass is 16.2. The third-order valence-corrected chi connectivity index (χ3v) is 3.75. The van der Waals surface area contributed by atoms with Gasteiger partial charge in [0.15, 0.2) is 5.69 Å². The molecule has 2 amide bonds. The smallest absolute Gasteiger partial charge is 0.276 e. The Bertz CT molecular complexity index is 913. The average Bonchev–Trinajstić information content (AvgIpc) is 3.29. The van der Waals surface area contributed by atoms with Crippen LogP contribution in [0, 0.1) is 0 Å². The minimum absolute atomic E-state index is 0.154. The van der Waals surface area contributed by atoms with Crippen LogP contribution in [0.25, 0.3) is 5.69 Å². The molecule has 0 unspecified atom stereocenters. The largest absolute Gasteiger partial charge is 0.318 e. The molecule has 3 rings (SSSR count). The molecule has 0 saturated carbocycles. The van der Waals surface area contributed by atoms with Crippen LogP contribution >= 0.6 is 0 Å². The highest BCUT2D eigenvalue weighted by Gasteiger charge is 2.17. The molecule has 0 saturated heterocycles. The van der Waals surface area contributed by atoms with E-state index in [2.05, 4.69) is 20.8 Å². The Kier molecular flexibility index (Phi) is 5.12. The highest BCUT2D eigenvalue weighted by Crippen LogP contribution is 2.18. The lowest BCUT2D eigenvalue weighted by atomic mass is 10.3. The van der Waals surface area contributed by atoms with Crippen molar-refractivity contribution in [3.05, 3.63) is 54.5 Å². The fourth-order valence-electron chi connectivity index (χ4n) is 2.37. The molecular formula is C18H20N6O2. The van der Waals surface area contributed by atoms with Gasteiger partial charge in [-0.1, -0.05) is 25.1 Å². The van der Waals surface area contributed by atoms with Crippen LogP contribution in [0.1, 0.15) is 30.8 Å². The van der Waals surface area contributed by atoms with Crippen LogP contribution in [-0.2, 0) is 11.3 Å². The Morgan fingerprint density at radius 2 is 1.88 bits per heavy atom. The number of amides is 2. The molecule has 134 valence electrons. The molecule has 26 heavy (non-hydrogen) atoms. The number of aromatic nitrogens is 4. The van der Waals surface area contributed by atoms with E-state index in [0.717, 1.165) is 5.69 Å². The van der Waals surface area contributed by atoms with Gasteiger partial charge in [-0.3, -0.25) is 14.3 Å². The summed E-state index contributed by atoms with van der Waals surface area (Å²) in [4.78, 5) is 24.3. The van der Waals surface area contributed by atoms with Crippen LogP contribution in [0.4, 0.5) is 11.5 Å². The summed E-state index contributed by atoms with van der Waals surface area (Å²) < 4.78 is 3.25. The number of carbonyl (C=O) groups excluding carboxylic acids is 2. The zero-order valence-electron chi connectivity index (χ0n) is 14.6. The second-order valence-corrected chi connectivity index (χ2v) is 5.60. The Labute approximate surface area is 150 Å². The van der Waals surface area contributed by atoms with Gasteiger partial charge in [-0.15, -0.1) is 0 Å². The molecule has 1 aromatic carbocycles. The van der Waals surface area contributed by atoms with E-state index < -0.39 is 0 Å². The standard InChI is InChI=1S/C18H20N6O2/c1-3-17(25)21-16-10-15(22-24(16)14-8-6-5-7-9-14)18(26)20-13-11-19-23(4-2)12-13/h5-12H,3-4H2,1-2H3,(H,20,26)(H,21,25). The van der Waals surface area contributed by atoms with E-state index in [1.165, 1.54) is 4.68 Å². The zero-order chi connectivity index (χ0) is 18.5. The SMILES string of the molecule is CCC(=O)Nc1cc(C(=O)Nc2cnn(CC)c2)nn1-c1ccccc1. The third kappa shape index (κ3) is 3.80. The van der Waals surface area contributed by atoms with Crippen LogP contribution in [0.3, 0.4) is 0 Å². The molecule has 0 fully saturated rings. The molecular weight excluding hydrogens is 332 g/mol. The molecule has 0 aliphatic carbocycles. The minimum Gasteiger partial charge on any atom is -0.318 e. The predicted molar refractivity (Wildman–Crippen MR) is 98.3 cm³/mol. The summed E-state index contributed by atoms with van der Waals surface area (Å²) in [6.07, 6.45) is 3.65. The molecule has 0 atom stereocenters. The van der Waals surface area contributed by atoms with Gasteiger partial charge in [0.2, 0.25) is 5.91 Å². The van der Waals surface area contributed by atoms with Gasteiger partial charge < -0.3 is 10.6 Å². The lowest BCUT2D eigenvalue weighted by Crippen LogP contribution is -2.13. The maximum atomic E-state index is 12.5. The number of aryl methyl sites for hydroxylation is 1. The van der Waals surface area contributed by atoms with Crippen molar-refractivity contribution in [2.75, 3.05) is 10.6 Å². The zero-order valence-corrected chi connectivity index (χ0v) is 14.6. The van der Waals surface area contributed by atoms with Crippen molar-refractivity contribution >= 4 is 23.3 Å². The summed E-state index contributed by atoms with van der Waals surface area (Å²) in [5.41, 5.74) is 1.53. The fraction of sp³-hybridized carbons (Fsp3) is 0.222. The quantitative estimate of drug-likeness (QED) is 0.713. The van der Waals surface area contributed by atoms with E-state index in [1.54, 1.807) is 30.1 Å². The van der Waals surface area contributed by atoms with Crippen molar-refractivity contribution in [1.29, 1.82) is 0 Å². The number of rotatable bonds is 6. The molecule has 0 radical (unpaired) electrons. The number of benzene rings is 1.